The molecule has 0 saturated carbocycles. The number of hydrogen-bond donors (Lipinski definition) is 3. The zero-order valence-electron chi connectivity index (χ0n) is 10.6. The van der Waals surface area contributed by atoms with Gasteiger partial charge in [0.2, 0.25) is 11.8 Å². The summed E-state index contributed by atoms with van der Waals surface area (Å²) < 4.78 is 0. The van der Waals surface area contributed by atoms with Crippen molar-refractivity contribution < 1.29 is 9.59 Å². The summed E-state index contributed by atoms with van der Waals surface area (Å²) in [7, 11) is 0. The van der Waals surface area contributed by atoms with Crippen LogP contribution in [0.1, 0.15) is 17.3 Å². The van der Waals surface area contributed by atoms with Crippen LogP contribution in [0.25, 0.3) is 0 Å². The average Bonchev–Trinajstić information content (AvgIpc) is 2.77. The number of carbonyl (C=O) groups excluding carboxylic acids is 2. The lowest BCUT2D eigenvalue weighted by Crippen LogP contribution is -2.28. The lowest BCUT2D eigenvalue weighted by atomic mass is 9.97. The molecule has 1 aromatic rings. The van der Waals surface area contributed by atoms with Crippen LogP contribution in [-0.2, 0) is 4.79 Å². The van der Waals surface area contributed by atoms with Gasteiger partial charge >= 0.3 is 0 Å². The molecule has 1 fully saturated rings. The number of hydrogen-bond acceptors (Lipinski definition) is 3. The first kappa shape index (κ1) is 13.8. The van der Waals surface area contributed by atoms with Gasteiger partial charge in [0.05, 0.1) is 16.5 Å². The Morgan fingerprint density at radius 1 is 1.42 bits per heavy atom. The molecule has 0 bridgehead atoms. The Kier molecular flexibility index (Phi) is 4.07. The highest BCUT2D eigenvalue weighted by Gasteiger charge is 2.29. The van der Waals surface area contributed by atoms with Crippen molar-refractivity contribution in [2.75, 3.05) is 18.4 Å². The SMILES string of the molecule is C[C@@H]1CNC[C@H]1C(=O)Nc1ccc(Cl)c(C(N)=O)c1. The first-order valence-electron chi connectivity index (χ1n) is 6.10. The smallest absolute Gasteiger partial charge is 0.250 e. The average molecular weight is 282 g/mol. The van der Waals surface area contributed by atoms with Crippen LogP contribution >= 0.6 is 11.6 Å². The number of anilines is 1. The minimum atomic E-state index is -0.614. The van der Waals surface area contributed by atoms with Crippen molar-refractivity contribution in [3.8, 4) is 0 Å². The van der Waals surface area contributed by atoms with Crippen LogP contribution in [0.3, 0.4) is 0 Å². The summed E-state index contributed by atoms with van der Waals surface area (Å²) in [6.45, 7) is 3.54. The third kappa shape index (κ3) is 3.05. The van der Waals surface area contributed by atoms with Crippen LogP contribution in [0.4, 0.5) is 5.69 Å². The highest BCUT2D eigenvalue weighted by atomic mass is 35.5. The summed E-state index contributed by atoms with van der Waals surface area (Å²) >= 11 is 5.85. The molecule has 0 aromatic heterocycles. The van der Waals surface area contributed by atoms with E-state index in [-0.39, 0.29) is 22.4 Å². The van der Waals surface area contributed by atoms with Gasteiger partial charge in [-0.3, -0.25) is 9.59 Å². The van der Waals surface area contributed by atoms with E-state index >= 15 is 0 Å². The lowest BCUT2D eigenvalue weighted by Gasteiger charge is -2.14. The molecule has 1 aliphatic rings. The topological polar surface area (TPSA) is 84.2 Å². The summed E-state index contributed by atoms with van der Waals surface area (Å²) in [5.41, 5.74) is 5.95. The molecule has 6 heteroatoms. The second kappa shape index (κ2) is 5.59. The molecule has 1 heterocycles. The number of primary amides is 1. The second-order valence-corrected chi connectivity index (χ2v) is 5.20. The van der Waals surface area contributed by atoms with Crippen LogP contribution in [-0.4, -0.2) is 24.9 Å². The molecule has 0 radical (unpaired) electrons. The first-order chi connectivity index (χ1) is 8.99. The molecule has 102 valence electrons. The van der Waals surface area contributed by atoms with Gasteiger partial charge in [-0.2, -0.15) is 0 Å². The van der Waals surface area contributed by atoms with Crippen LogP contribution in [0, 0.1) is 11.8 Å². The van der Waals surface area contributed by atoms with E-state index in [1.165, 1.54) is 6.07 Å². The minimum absolute atomic E-state index is 0.0600. The van der Waals surface area contributed by atoms with E-state index < -0.39 is 5.91 Å². The Labute approximate surface area is 116 Å². The van der Waals surface area contributed by atoms with Crippen molar-refractivity contribution in [2.45, 2.75) is 6.92 Å². The third-order valence-electron chi connectivity index (χ3n) is 3.35. The Bertz CT molecular complexity index is 519. The van der Waals surface area contributed by atoms with Crippen molar-refractivity contribution in [3.63, 3.8) is 0 Å². The van der Waals surface area contributed by atoms with Crippen LogP contribution < -0.4 is 16.4 Å². The Hall–Kier alpha value is -1.59. The number of nitrogens with one attached hydrogen (secondary N) is 2. The Balaban J connectivity index is 2.13. The monoisotopic (exact) mass is 281 g/mol. The fraction of sp³-hybridized carbons (Fsp3) is 0.385. The molecule has 0 aliphatic carbocycles. The van der Waals surface area contributed by atoms with Crippen LogP contribution in [0.15, 0.2) is 18.2 Å². The van der Waals surface area contributed by atoms with Gasteiger partial charge in [-0.05, 0) is 30.7 Å². The number of benzene rings is 1. The molecule has 4 N–H and O–H groups in total. The van der Waals surface area contributed by atoms with Crippen LogP contribution in [0.5, 0.6) is 0 Å². The predicted molar refractivity (Wildman–Crippen MR) is 74.1 cm³/mol. The fourth-order valence-corrected chi connectivity index (χ4v) is 2.40. The van der Waals surface area contributed by atoms with Crippen molar-refractivity contribution in [1.29, 1.82) is 0 Å². The zero-order valence-corrected chi connectivity index (χ0v) is 11.3. The fourth-order valence-electron chi connectivity index (χ4n) is 2.19. The Morgan fingerprint density at radius 2 is 2.16 bits per heavy atom. The van der Waals surface area contributed by atoms with E-state index in [1.54, 1.807) is 12.1 Å². The van der Waals surface area contributed by atoms with Gasteiger partial charge in [-0.15, -0.1) is 0 Å². The van der Waals surface area contributed by atoms with E-state index in [1.807, 2.05) is 6.92 Å². The molecule has 1 aliphatic heterocycles. The van der Waals surface area contributed by atoms with Gasteiger partial charge in [0.25, 0.3) is 0 Å². The van der Waals surface area contributed by atoms with Gasteiger partial charge in [-0.25, -0.2) is 0 Å². The number of nitrogens with two attached hydrogens (primary N) is 1. The molecular weight excluding hydrogens is 266 g/mol. The molecule has 2 amide bonds. The largest absolute Gasteiger partial charge is 0.366 e. The van der Waals surface area contributed by atoms with E-state index in [0.717, 1.165) is 6.54 Å². The van der Waals surface area contributed by atoms with E-state index in [9.17, 15) is 9.59 Å². The molecule has 19 heavy (non-hydrogen) atoms. The highest BCUT2D eigenvalue weighted by Crippen LogP contribution is 2.22. The Morgan fingerprint density at radius 3 is 2.74 bits per heavy atom. The summed E-state index contributed by atoms with van der Waals surface area (Å²) in [6, 6.07) is 4.70. The number of halogens is 1. The molecule has 0 spiro atoms. The van der Waals surface area contributed by atoms with Crippen molar-refractivity contribution in [3.05, 3.63) is 28.8 Å². The summed E-state index contributed by atoms with van der Waals surface area (Å²) in [6.07, 6.45) is 0. The number of carbonyl (C=O) groups is 2. The molecule has 0 unspecified atom stereocenters. The van der Waals surface area contributed by atoms with Gasteiger partial charge in [0.15, 0.2) is 0 Å². The van der Waals surface area contributed by atoms with Gasteiger partial charge < -0.3 is 16.4 Å². The quantitative estimate of drug-likeness (QED) is 0.779. The molecule has 5 nitrogen and oxygen atoms in total. The maximum absolute atomic E-state index is 12.1. The summed E-state index contributed by atoms with van der Waals surface area (Å²) in [5, 5.41) is 6.24. The standard InChI is InChI=1S/C13H16ClN3O2/c1-7-5-16-6-10(7)13(19)17-8-2-3-11(14)9(4-8)12(15)18/h2-4,7,10,16H,5-6H2,1H3,(H2,15,18)(H,17,19)/t7-,10-/m1/s1. The molecule has 1 saturated heterocycles. The van der Waals surface area contributed by atoms with Gasteiger partial charge in [-0.1, -0.05) is 18.5 Å². The summed E-state index contributed by atoms with van der Waals surface area (Å²) in [4.78, 5) is 23.3. The maximum atomic E-state index is 12.1. The molecule has 1 aromatic carbocycles. The number of amides is 2. The van der Waals surface area contributed by atoms with E-state index in [2.05, 4.69) is 10.6 Å². The van der Waals surface area contributed by atoms with Gasteiger partial charge in [0, 0.05) is 12.2 Å². The van der Waals surface area contributed by atoms with Crippen molar-refractivity contribution >= 4 is 29.1 Å². The minimum Gasteiger partial charge on any atom is -0.366 e. The summed E-state index contributed by atoms with van der Waals surface area (Å²) in [5.74, 6) is -0.442. The zero-order chi connectivity index (χ0) is 14.0. The first-order valence-corrected chi connectivity index (χ1v) is 6.47. The van der Waals surface area contributed by atoms with Crippen molar-refractivity contribution in [2.24, 2.45) is 17.6 Å². The second-order valence-electron chi connectivity index (χ2n) is 4.79. The molecule has 2 atom stereocenters. The van der Waals surface area contributed by atoms with E-state index in [0.29, 0.717) is 18.2 Å². The molecule has 2 rings (SSSR count). The van der Waals surface area contributed by atoms with Crippen LogP contribution in [0.2, 0.25) is 5.02 Å². The van der Waals surface area contributed by atoms with Gasteiger partial charge in [0.1, 0.15) is 0 Å². The lowest BCUT2D eigenvalue weighted by molar-refractivity contribution is -0.120. The van der Waals surface area contributed by atoms with E-state index in [4.69, 9.17) is 17.3 Å². The molecular formula is C13H16ClN3O2. The number of rotatable bonds is 3. The normalized spacial score (nSPS) is 22.2. The third-order valence-corrected chi connectivity index (χ3v) is 3.68. The predicted octanol–water partition coefficient (Wildman–Crippen LogP) is 1.23. The maximum Gasteiger partial charge on any atom is 0.250 e. The highest BCUT2D eigenvalue weighted by molar-refractivity contribution is 6.34. The van der Waals surface area contributed by atoms with Crippen molar-refractivity contribution in [1.82, 2.24) is 5.32 Å².